The van der Waals surface area contributed by atoms with Crippen molar-refractivity contribution in [2.75, 3.05) is 19.8 Å². The minimum absolute atomic E-state index is 0.0896. The van der Waals surface area contributed by atoms with Crippen LogP contribution >= 0.6 is 0 Å². The quantitative estimate of drug-likeness (QED) is 0.0972. The Morgan fingerprint density at radius 1 is 0.880 bits per heavy atom. The van der Waals surface area contributed by atoms with Crippen LogP contribution in [0.4, 0.5) is 5.69 Å². The monoisotopic (exact) mass is 673 g/mol. The summed E-state index contributed by atoms with van der Waals surface area (Å²) >= 11 is 0. The average molecular weight is 674 g/mol. The van der Waals surface area contributed by atoms with Gasteiger partial charge < -0.3 is 31.3 Å². The van der Waals surface area contributed by atoms with Crippen LogP contribution in [0.2, 0.25) is 0 Å². The van der Waals surface area contributed by atoms with E-state index in [1.807, 2.05) is 0 Å². The zero-order valence-electron chi connectivity index (χ0n) is 25.9. The molecular weight excluding hydrogens is 650 g/mol. The summed E-state index contributed by atoms with van der Waals surface area (Å²) in [7, 11) is 0. The van der Waals surface area contributed by atoms with Crippen molar-refractivity contribution in [1.82, 2.24) is 25.3 Å². The van der Waals surface area contributed by atoms with Crippen molar-refractivity contribution in [1.29, 1.82) is 10.5 Å². The zero-order chi connectivity index (χ0) is 35.9. The van der Waals surface area contributed by atoms with Crippen LogP contribution in [-0.2, 0) is 19.2 Å². The fourth-order valence-electron chi connectivity index (χ4n) is 4.96. The van der Waals surface area contributed by atoms with E-state index in [1.165, 1.54) is 0 Å². The number of fused-ring (bicyclic) bond motifs is 6. The number of carbonyl (C=O) groups excluding carboxylic acids is 4. The Bertz CT molecular complexity index is 2300. The summed E-state index contributed by atoms with van der Waals surface area (Å²) < 4.78 is 4.71. The second-order valence-electron chi connectivity index (χ2n) is 10.1. The van der Waals surface area contributed by atoms with Crippen molar-refractivity contribution in [2.45, 2.75) is 6.92 Å². The van der Waals surface area contributed by atoms with E-state index in [0.29, 0.717) is 33.3 Å². The Kier molecular flexibility index (Phi) is 9.75. The number of hydrogen-bond acceptors (Lipinski definition) is 14. The topological polar surface area (TPSA) is 295 Å². The van der Waals surface area contributed by atoms with E-state index in [1.54, 1.807) is 67.6 Å². The van der Waals surface area contributed by atoms with Gasteiger partial charge in [0.25, 0.3) is 17.7 Å². The molecule has 1 aromatic heterocycles. The molecule has 6 N–H and O–H groups in total. The van der Waals surface area contributed by atoms with E-state index in [9.17, 15) is 29.3 Å². The van der Waals surface area contributed by atoms with Crippen LogP contribution in [0.15, 0.2) is 58.9 Å². The van der Waals surface area contributed by atoms with Gasteiger partial charge in [-0.15, -0.1) is 4.91 Å². The largest absolute Gasteiger partial charge is 0.465 e. The highest BCUT2D eigenvalue weighted by Crippen LogP contribution is 2.42. The van der Waals surface area contributed by atoms with Gasteiger partial charge in [-0.2, -0.15) is 10.5 Å². The summed E-state index contributed by atoms with van der Waals surface area (Å²) in [5.74, 6) is -2.81. The van der Waals surface area contributed by atoms with E-state index in [0.717, 1.165) is 0 Å². The molecule has 0 bridgehead atoms. The number of ether oxygens (including phenoxy) is 1. The predicted octanol–water partition coefficient (Wildman–Crippen LogP) is 1.91. The van der Waals surface area contributed by atoms with E-state index >= 15 is 0 Å². The standard InChI is InChI=1S/C19H16N6O5.C13H7N5O2/c1-2-29-14(27)8-22-13(26)9-30-25-16-11-6-4-3-5-10(11)15-18(16)23-12(7-20)17(24-15)19(21)28;14-5-8-11(13(15)19)17-9-6-3-1-2-4-7(6)10(18-20)12(9)16-8/h3-6H,2,8-9H2,1H3,(H2,21,28)(H,22,26);1-4,17H,(H2,15,19). The lowest BCUT2D eigenvalue weighted by atomic mass is 10.1. The number of primary amides is 2. The summed E-state index contributed by atoms with van der Waals surface area (Å²) in [5, 5.41) is 28.9. The van der Waals surface area contributed by atoms with Gasteiger partial charge in [-0.1, -0.05) is 53.7 Å². The second-order valence-corrected chi connectivity index (χ2v) is 10.1. The molecule has 0 radical (unpaired) electrons. The molecule has 0 saturated heterocycles. The minimum Gasteiger partial charge on any atom is -0.465 e. The second kappa shape index (κ2) is 14.4. The van der Waals surface area contributed by atoms with Crippen LogP contribution in [0, 0.1) is 27.6 Å². The van der Waals surface area contributed by atoms with E-state index < -0.39 is 30.3 Å². The van der Waals surface area contributed by atoms with E-state index in [4.69, 9.17) is 26.3 Å². The maximum absolute atomic E-state index is 11.8. The Hall–Kier alpha value is -7.60. The smallest absolute Gasteiger partial charge is 0.325 e. The number of nitrogens with one attached hydrogen (secondary N) is 2. The third-order valence-electron chi connectivity index (χ3n) is 7.05. The fourth-order valence-corrected chi connectivity index (χ4v) is 4.96. The third kappa shape index (κ3) is 6.48. The van der Waals surface area contributed by atoms with E-state index in [2.05, 4.69) is 35.6 Å². The third-order valence-corrected chi connectivity index (χ3v) is 7.05. The maximum atomic E-state index is 11.8. The number of carbonyl (C=O) groups is 4. The SMILES string of the molecule is CCOC(=O)CNC(=O)CON=C1c2ccccc2-c2nc(C(N)=O)c(C#N)nc21.N#Cc1nc2c(N=O)c3ccccc3c-2[nH]c1C(N)=O. The number of aromatic amines is 1. The number of oxime groups is 1. The zero-order valence-corrected chi connectivity index (χ0v) is 25.9. The molecule has 0 unspecified atom stereocenters. The van der Waals surface area contributed by atoms with Gasteiger partial charge in [0, 0.05) is 21.9 Å². The molecule has 1 aliphatic heterocycles. The van der Waals surface area contributed by atoms with Gasteiger partial charge >= 0.3 is 5.97 Å². The predicted molar refractivity (Wildman–Crippen MR) is 173 cm³/mol. The lowest BCUT2D eigenvalue weighted by Gasteiger charge is -2.05. The number of rotatable bonds is 9. The molecule has 248 valence electrons. The Labute approximate surface area is 281 Å². The van der Waals surface area contributed by atoms with Crippen molar-refractivity contribution < 1.29 is 28.8 Å². The molecule has 18 nitrogen and oxygen atoms in total. The van der Waals surface area contributed by atoms with E-state index in [-0.39, 0.29) is 58.7 Å². The number of hydrogen-bond donors (Lipinski definition) is 4. The van der Waals surface area contributed by atoms with Crippen LogP contribution in [0.1, 0.15) is 50.5 Å². The summed E-state index contributed by atoms with van der Waals surface area (Å²) in [6, 6.07) is 17.6. The Morgan fingerprint density at radius 2 is 1.54 bits per heavy atom. The maximum Gasteiger partial charge on any atom is 0.325 e. The van der Waals surface area contributed by atoms with Crippen LogP contribution in [0.5, 0.6) is 0 Å². The highest BCUT2D eigenvalue weighted by molar-refractivity contribution is 6.23. The number of benzene rings is 2. The highest BCUT2D eigenvalue weighted by Gasteiger charge is 2.31. The number of esters is 1. The molecule has 2 aliphatic carbocycles. The molecule has 3 amide bonds. The van der Waals surface area contributed by atoms with Crippen molar-refractivity contribution in [3.63, 3.8) is 0 Å². The minimum atomic E-state index is -0.876. The average Bonchev–Trinajstić information content (AvgIpc) is 3.60. The van der Waals surface area contributed by atoms with Gasteiger partial charge in [-0.25, -0.2) is 15.0 Å². The number of nitrogens with two attached hydrogens (primary N) is 2. The molecule has 0 spiro atoms. The van der Waals surface area contributed by atoms with Crippen LogP contribution in [0.3, 0.4) is 0 Å². The Balaban J connectivity index is 0.000000210. The number of aromatic nitrogens is 4. The summed E-state index contributed by atoms with van der Waals surface area (Å²) in [6.07, 6.45) is 0. The molecule has 2 aromatic carbocycles. The van der Waals surface area contributed by atoms with Gasteiger partial charge in [0.05, 0.1) is 12.3 Å². The first kappa shape index (κ1) is 33.8. The molecule has 0 saturated carbocycles. The summed E-state index contributed by atoms with van der Waals surface area (Å²) in [4.78, 5) is 77.4. The van der Waals surface area contributed by atoms with Crippen LogP contribution in [-0.4, -0.2) is 69.1 Å². The van der Waals surface area contributed by atoms with Gasteiger partial charge in [-0.3, -0.25) is 19.2 Å². The van der Waals surface area contributed by atoms with Gasteiger partial charge in [0.1, 0.15) is 52.9 Å². The Morgan fingerprint density at radius 3 is 2.18 bits per heavy atom. The van der Waals surface area contributed by atoms with Crippen LogP contribution < -0.4 is 16.8 Å². The van der Waals surface area contributed by atoms with Gasteiger partial charge in [0.15, 0.2) is 23.7 Å². The van der Waals surface area contributed by atoms with Crippen molar-refractivity contribution in [3.8, 4) is 34.8 Å². The number of nitriles is 2. The summed E-state index contributed by atoms with van der Waals surface area (Å²) in [5.41, 5.74) is 12.7. The number of nitrogens with zero attached hydrogens (tertiary/aromatic N) is 7. The van der Waals surface area contributed by atoms with Crippen LogP contribution in [0.25, 0.3) is 33.4 Å². The lowest BCUT2D eigenvalue weighted by molar-refractivity contribution is -0.143. The molecular formula is C32H23N11O7. The van der Waals surface area contributed by atoms with Crippen molar-refractivity contribution in [2.24, 2.45) is 21.8 Å². The molecule has 50 heavy (non-hydrogen) atoms. The lowest BCUT2D eigenvalue weighted by Crippen LogP contribution is -2.33. The van der Waals surface area contributed by atoms with Crippen molar-refractivity contribution in [3.05, 3.63) is 87.5 Å². The first-order valence-electron chi connectivity index (χ1n) is 14.4. The molecule has 0 atom stereocenters. The normalized spacial score (nSPS) is 11.7. The van der Waals surface area contributed by atoms with Gasteiger partial charge in [0.2, 0.25) is 0 Å². The first-order chi connectivity index (χ1) is 24.1. The molecule has 3 aliphatic rings. The molecule has 2 heterocycles. The molecule has 18 heteroatoms. The first-order valence-corrected chi connectivity index (χ1v) is 14.4. The highest BCUT2D eigenvalue weighted by atomic mass is 16.6. The number of nitroso groups, excluding NO2 is 1. The molecule has 3 aromatic rings. The molecule has 0 fully saturated rings. The fraction of sp³-hybridized carbons (Fsp3) is 0.125. The summed E-state index contributed by atoms with van der Waals surface area (Å²) in [6.45, 7) is 1.12. The number of amides is 3. The van der Waals surface area contributed by atoms with Gasteiger partial charge in [-0.05, 0) is 12.1 Å². The molecule has 6 rings (SSSR count). The van der Waals surface area contributed by atoms with Crippen molar-refractivity contribution >= 4 is 45.9 Å². The number of H-pyrrole nitrogens is 1.